The van der Waals surface area contributed by atoms with E-state index in [2.05, 4.69) is 46.3 Å². The van der Waals surface area contributed by atoms with Crippen molar-refractivity contribution < 1.29 is 13.5 Å². The predicted octanol–water partition coefficient (Wildman–Crippen LogP) is 5.16. The van der Waals surface area contributed by atoms with Gasteiger partial charge in [0.25, 0.3) is 0 Å². The fourth-order valence-corrected chi connectivity index (χ4v) is 4.17. The lowest BCUT2D eigenvalue weighted by Gasteiger charge is -2.28. The molecule has 0 fully saturated rings. The Morgan fingerprint density at radius 1 is 0.929 bits per heavy atom. The molecule has 0 heterocycles. The van der Waals surface area contributed by atoms with Crippen LogP contribution < -0.4 is 4.72 Å². The highest BCUT2D eigenvalue weighted by atomic mass is 35.5. The smallest absolute Gasteiger partial charge is 0.240 e. The van der Waals surface area contributed by atoms with Crippen LogP contribution in [0.25, 0.3) is 0 Å². The first-order valence-electron chi connectivity index (χ1n) is 9.34. The maximum atomic E-state index is 12.4. The van der Waals surface area contributed by atoms with E-state index in [0.29, 0.717) is 17.2 Å². The van der Waals surface area contributed by atoms with Crippen molar-refractivity contribution in [2.45, 2.75) is 63.7 Å². The van der Waals surface area contributed by atoms with Crippen molar-refractivity contribution in [2.75, 3.05) is 6.54 Å². The van der Waals surface area contributed by atoms with Gasteiger partial charge in [-0.25, -0.2) is 13.1 Å². The average Bonchev–Trinajstić information content (AvgIpc) is 2.54. The fraction of sp³-hybridized carbons (Fsp3) is 0.455. The van der Waals surface area contributed by atoms with Gasteiger partial charge in [-0.05, 0) is 58.2 Å². The van der Waals surface area contributed by atoms with Gasteiger partial charge < -0.3 is 5.11 Å². The van der Waals surface area contributed by atoms with Gasteiger partial charge in [0.15, 0.2) is 0 Å². The molecule has 0 aromatic heterocycles. The van der Waals surface area contributed by atoms with E-state index in [0.717, 1.165) is 16.7 Å². The van der Waals surface area contributed by atoms with Crippen LogP contribution >= 0.6 is 11.6 Å². The molecule has 2 aromatic carbocycles. The quantitative estimate of drug-likeness (QED) is 0.697. The Hall–Kier alpha value is -1.56. The van der Waals surface area contributed by atoms with Gasteiger partial charge in [-0.3, -0.25) is 0 Å². The lowest BCUT2D eigenvalue weighted by atomic mass is 9.78. The van der Waals surface area contributed by atoms with Gasteiger partial charge in [0, 0.05) is 11.6 Å². The molecule has 28 heavy (non-hydrogen) atoms. The minimum Gasteiger partial charge on any atom is -0.507 e. The molecule has 0 atom stereocenters. The number of nitrogens with one attached hydrogen (secondary N) is 1. The molecule has 4 nitrogen and oxygen atoms in total. The van der Waals surface area contributed by atoms with Crippen molar-refractivity contribution in [3.05, 3.63) is 58.1 Å². The summed E-state index contributed by atoms with van der Waals surface area (Å²) < 4.78 is 27.5. The van der Waals surface area contributed by atoms with Crippen molar-refractivity contribution in [3.8, 4) is 5.75 Å². The van der Waals surface area contributed by atoms with E-state index in [-0.39, 0.29) is 22.3 Å². The highest BCUT2D eigenvalue weighted by Gasteiger charge is 2.26. The number of rotatable bonds is 5. The monoisotopic (exact) mass is 423 g/mol. The molecule has 6 heteroatoms. The van der Waals surface area contributed by atoms with Crippen LogP contribution in [0.5, 0.6) is 5.75 Å². The van der Waals surface area contributed by atoms with E-state index in [1.807, 2.05) is 12.1 Å². The second-order valence-electron chi connectivity index (χ2n) is 9.14. The number of phenols is 1. The van der Waals surface area contributed by atoms with Gasteiger partial charge in [0.1, 0.15) is 5.75 Å². The Morgan fingerprint density at radius 3 is 1.82 bits per heavy atom. The van der Waals surface area contributed by atoms with E-state index < -0.39 is 10.0 Å². The number of benzene rings is 2. The molecule has 2 aromatic rings. The summed E-state index contributed by atoms with van der Waals surface area (Å²) in [7, 11) is -3.59. The molecule has 0 saturated carbocycles. The number of hydrogen-bond acceptors (Lipinski definition) is 3. The first-order chi connectivity index (χ1) is 12.7. The van der Waals surface area contributed by atoms with E-state index >= 15 is 0 Å². The molecule has 0 unspecified atom stereocenters. The molecule has 0 aliphatic rings. The van der Waals surface area contributed by atoms with Gasteiger partial charge >= 0.3 is 0 Å². The second-order valence-corrected chi connectivity index (χ2v) is 11.3. The van der Waals surface area contributed by atoms with Crippen LogP contribution in [0.15, 0.2) is 41.3 Å². The van der Waals surface area contributed by atoms with Crippen LogP contribution in [-0.2, 0) is 27.3 Å². The third-order valence-corrected chi connectivity index (χ3v) is 6.34. The Bertz CT molecular complexity index is 902. The normalized spacial score (nSPS) is 13.0. The Labute approximate surface area is 174 Å². The molecule has 0 spiro atoms. The molecule has 0 saturated heterocycles. The van der Waals surface area contributed by atoms with E-state index in [1.165, 1.54) is 12.1 Å². The third-order valence-electron chi connectivity index (χ3n) is 4.62. The van der Waals surface area contributed by atoms with Crippen LogP contribution in [-0.4, -0.2) is 20.1 Å². The van der Waals surface area contributed by atoms with Crippen molar-refractivity contribution in [2.24, 2.45) is 0 Å². The minimum atomic E-state index is -3.59. The molecule has 0 amide bonds. The van der Waals surface area contributed by atoms with E-state index in [1.54, 1.807) is 12.1 Å². The van der Waals surface area contributed by atoms with Crippen LogP contribution in [0.2, 0.25) is 5.02 Å². The summed E-state index contributed by atoms with van der Waals surface area (Å²) in [5, 5.41) is 11.3. The Balaban J connectivity index is 2.25. The largest absolute Gasteiger partial charge is 0.507 e. The van der Waals surface area contributed by atoms with Crippen molar-refractivity contribution >= 4 is 21.6 Å². The maximum Gasteiger partial charge on any atom is 0.240 e. The molecule has 2 N–H and O–H groups in total. The molecule has 0 aliphatic heterocycles. The van der Waals surface area contributed by atoms with Crippen LogP contribution in [0.4, 0.5) is 0 Å². The topological polar surface area (TPSA) is 66.4 Å². The van der Waals surface area contributed by atoms with Gasteiger partial charge in [-0.2, -0.15) is 0 Å². The minimum absolute atomic E-state index is 0.188. The van der Waals surface area contributed by atoms with Crippen LogP contribution in [0.1, 0.15) is 58.2 Å². The summed E-state index contributed by atoms with van der Waals surface area (Å²) in [6.45, 7) is 12.6. The zero-order valence-corrected chi connectivity index (χ0v) is 19.0. The van der Waals surface area contributed by atoms with Gasteiger partial charge in [0.05, 0.1) is 4.90 Å². The number of aromatic hydroxyl groups is 1. The van der Waals surface area contributed by atoms with Gasteiger partial charge in [-0.1, -0.05) is 65.3 Å². The summed E-state index contributed by atoms with van der Waals surface area (Å²) in [5.41, 5.74) is 2.30. The van der Waals surface area contributed by atoms with Crippen molar-refractivity contribution in [3.63, 3.8) is 0 Å². The molecule has 0 radical (unpaired) electrons. The zero-order chi connectivity index (χ0) is 21.3. The Morgan fingerprint density at radius 2 is 1.39 bits per heavy atom. The highest BCUT2D eigenvalue weighted by Crippen LogP contribution is 2.39. The van der Waals surface area contributed by atoms with Gasteiger partial charge in [-0.15, -0.1) is 0 Å². The zero-order valence-electron chi connectivity index (χ0n) is 17.4. The van der Waals surface area contributed by atoms with E-state index in [9.17, 15) is 13.5 Å². The van der Waals surface area contributed by atoms with Crippen molar-refractivity contribution in [1.82, 2.24) is 4.72 Å². The van der Waals surface area contributed by atoms with Crippen LogP contribution in [0.3, 0.4) is 0 Å². The average molecular weight is 424 g/mol. The Kier molecular flexibility index (Phi) is 6.54. The fourth-order valence-electron chi connectivity index (χ4n) is 3.01. The van der Waals surface area contributed by atoms with Crippen molar-refractivity contribution in [1.29, 1.82) is 0 Å². The first kappa shape index (κ1) is 22.7. The summed E-state index contributed by atoms with van der Waals surface area (Å²) in [6.07, 6.45) is 0.527. The number of hydrogen-bond donors (Lipinski definition) is 2. The first-order valence-corrected chi connectivity index (χ1v) is 11.2. The molecule has 0 aliphatic carbocycles. The maximum absolute atomic E-state index is 12.4. The molecule has 154 valence electrons. The molecular formula is C22H30ClNO3S. The predicted molar refractivity (Wildman–Crippen MR) is 116 cm³/mol. The number of phenolic OH excluding ortho intramolecular Hbond substituents is 1. The summed E-state index contributed by atoms with van der Waals surface area (Å²) in [4.78, 5) is 0.188. The lowest BCUT2D eigenvalue weighted by molar-refractivity contribution is 0.422. The second kappa shape index (κ2) is 8.05. The standard InChI is InChI=1S/C22H30ClNO3S/c1-21(2,3)18-13-15(14-19(20(18)25)22(4,5)6)11-12-24-28(26,27)17-9-7-16(23)8-10-17/h7-10,13-14,24-25H,11-12H2,1-6H3. The summed E-state index contributed by atoms with van der Waals surface area (Å²) in [6, 6.07) is 10.0. The van der Waals surface area contributed by atoms with Crippen LogP contribution in [0, 0.1) is 0 Å². The third kappa shape index (κ3) is 5.49. The number of halogens is 1. The van der Waals surface area contributed by atoms with Gasteiger partial charge in [0.2, 0.25) is 10.0 Å². The summed E-state index contributed by atoms with van der Waals surface area (Å²) >= 11 is 5.83. The molecule has 0 bridgehead atoms. The lowest BCUT2D eigenvalue weighted by Crippen LogP contribution is -2.26. The summed E-state index contributed by atoms with van der Waals surface area (Å²) in [5.74, 6) is 0.325. The molecule has 2 rings (SSSR count). The SMILES string of the molecule is CC(C)(C)c1cc(CCNS(=O)(=O)c2ccc(Cl)cc2)cc(C(C)(C)C)c1O. The molecular weight excluding hydrogens is 394 g/mol. The number of sulfonamides is 1. The highest BCUT2D eigenvalue weighted by molar-refractivity contribution is 7.89. The van der Waals surface area contributed by atoms with E-state index in [4.69, 9.17) is 11.6 Å².